The predicted octanol–water partition coefficient (Wildman–Crippen LogP) is -0.374. The van der Waals surface area contributed by atoms with Gasteiger partial charge in [-0.25, -0.2) is 9.59 Å². The van der Waals surface area contributed by atoms with E-state index in [0.717, 1.165) is 5.41 Å². The normalized spacial score (nSPS) is 16.0. The Bertz CT molecular complexity index is 396. The zero-order valence-electron chi connectivity index (χ0n) is 7.27. The lowest BCUT2D eigenvalue weighted by Crippen LogP contribution is -1.91. The van der Waals surface area contributed by atoms with Gasteiger partial charge in [-0.3, -0.25) is 0 Å². The summed E-state index contributed by atoms with van der Waals surface area (Å²) in [5, 5.41) is 16.7. The monoisotopic (exact) mass is 233 g/mol. The number of carboxylic acid groups (broad SMARTS) is 2. The molecule has 0 atom stereocenters. The standard InChI is InChI=1S/C4H4O4.C3H3NO2S/c5-3(6)1-2-4(7)8;5-7(6)3-1-2-4-7/h1-2H,(H,5,6)(H,7,8);1-3H/b2-1+;. The molecular formula is C7H7NO6S. The first-order valence-electron chi connectivity index (χ1n) is 3.44. The smallest absolute Gasteiger partial charge is 0.328 e. The van der Waals surface area contributed by atoms with Crippen molar-refractivity contribution in [1.29, 1.82) is 0 Å². The summed E-state index contributed by atoms with van der Waals surface area (Å²) in [6, 6.07) is 0. The molecule has 0 spiro atoms. The lowest BCUT2D eigenvalue weighted by molar-refractivity contribution is -0.134. The number of allylic oxidation sites excluding steroid dienone is 1. The van der Waals surface area contributed by atoms with Gasteiger partial charge in [0.25, 0.3) is 10.0 Å². The molecule has 0 aromatic heterocycles. The van der Waals surface area contributed by atoms with Crippen LogP contribution in [0.15, 0.2) is 28.0 Å². The van der Waals surface area contributed by atoms with E-state index >= 15 is 0 Å². The molecule has 0 saturated heterocycles. The lowest BCUT2D eigenvalue weighted by atomic mass is 10.5. The molecule has 0 aromatic carbocycles. The summed E-state index contributed by atoms with van der Waals surface area (Å²) < 4.78 is 23.4. The molecule has 2 N–H and O–H groups in total. The second-order valence-electron chi connectivity index (χ2n) is 2.11. The van der Waals surface area contributed by atoms with Gasteiger partial charge in [0.15, 0.2) is 0 Å². The lowest BCUT2D eigenvalue weighted by Gasteiger charge is -1.74. The van der Waals surface area contributed by atoms with Gasteiger partial charge in [-0.05, 0) is 6.08 Å². The van der Waals surface area contributed by atoms with Crippen LogP contribution in [-0.4, -0.2) is 36.8 Å². The Morgan fingerprint density at radius 3 is 1.73 bits per heavy atom. The van der Waals surface area contributed by atoms with Crippen molar-refractivity contribution in [1.82, 2.24) is 0 Å². The molecule has 0 fully saturated rings. The van der Waals surface area contributed by atoms with E-state index in [1.807, 2.05) is 0 Å². The van der Waals surface area contributed by atoms with E-state index in [2.05, 4.69) is 4.40 Å². The molecule has 1 aliphatic rings. The number of hydrogen-bond donors (Lipinski definition) is 2. The van der Waals surface area contributed by atoms with Crippen molar-refractivity contribution >= 4 is 28.2 Å². The summed E-state index contributed by atoms with van der Waals surface area (Å²) in [5.41, 5.74) is 0. The predicted molar refractivity (Wildman–Crippen MR) is 51.0 cm³/mol. The Morgan fingerprint density at radius 1 is 1.13 bits per heavy atom. The minimum absolute atomic E-state index is 0.558. The molecule has 1 heterocycles. The Kier molecular flexibility index (Phi) is 4.96. The van der Waals surface area contributed by atoms with Gasteiger partial charge in [-0.1, -0.05) is 0 Å². The molecule has 15 heavy (non-hydrogen) atoms. The highest BCUT2D eigenvalue weighted by molar-refractivity contribution is 7.93. The first-order valence-corrected chi connectivity index (χ1v) is 4.95. The molecule has 8 heteroatoms. The summed E-state index contributed by atoms with van der Waals surface area (Å²) >= 11 is 0. The van der Waals surface area contributed by atoms with Gasteiger partial charge in [-0.15, -0.1) is 0 Å². The molecule has 0 saturated carbocycles. The first kappa shape index (κ1) is 13.0. The average Bonchev–Trinajstić information content (AvgIpc) is 2.48. The van der Waals surface area contributed by atoms with Crippen LogP contribution in [0.3, 0.4) is 0 Å². The van der Waals surface area contributed by atoms with Gasteiger partial charge in [0.2, 0.25) is 0 Å². The van der Waals surface area contributed by atoms with E-state index in [1.165, 1.54) is 12.3 Å². The van der Waals surface area contributed by atoms with Crippen molar-refractivity contribution in [3.05, 3.63) is 23.6 Å². The minimum Gasteiger partial charge on any atom is -0.478 e. The SMILES string of the molecule is O=C(O)/C=C/C(=O)O.O=S1(=O)C=CC=N1. The molecule has 0 unspecified atom stereocenters. The number of rotatable bonds is 2. The highest BCUT2D eigenvalue weighted by atomic mass is 32.2. The van der Waals surface area contributed by atoms with Gasteiger partial charge in [-0.2, -0.15) is 12.8 Å². The highest BCUT2D eigenvalue weighted by Gasteiger charge is 2.01. The molecule has 1 aliphatic heterocycles. The van der Waals surface area contributed by atoms with E-state index in [0.29, 0.717) is 12.2 Å². The summed E-state index contributed by atoms with van der Waals surface area (Å²) in [7, 11) is -3.16. The van der Waals surface area contributed by atoms with E-state index in [1.54, 1.807) is 0 Å². The number of carbonyl (C=O) groups is 2. The zero-order valence-corrected chi connectivity index (χ0v) is 8.09. The maximum atomic E-state index is 10.1. The molecule has 82 valence electrons. The molecule has 1 rings (SSSR count). The van der Waals surface area contributed by atoms with Crippen LogP contribution < -0.4 is 0 Å². The van der Waals surface area contributed by atoms with E-state index in [-0.39, 0.29) is 0 Å². The Hall–Kier alpha value is -1.96. The number of hydrogen-bond acceptors (Lipinski definition) is 4. The molecule has 0 aromatic rings. The molecule has 0 radical (unpaired) electrons. The van der Waals surface area contributed by atoms with E-state index in [9.17, 15) is 18.0 Å². The summed E-state index contributed by atoms with van der Waals surface area (Å²) in [5.74, 6) is -2.51. The van der Waals surface area contributed by atoms with Crippen LogP contribution in [0.4, 0.5) is 0 Å². The highest BCUT2D eigenvalue weighted by Crippen LogP contribution is 1.97. The second-order valence-corrected chi connectivity index (χ2v) is 3.62. The largest absolute Gasteiger partial charge is 0.478 e. The fourth-order valence-corrected chi connectivity index (χ4v) is 1.01. The summed E-state index contributed by atoms with van der Waals surface area (Å²) in [6.45, 7) is 0. The Morgan fingerprint density at radius 2 is 1.60 bits per heavy atom. The van der Waals surface area contributed by atoms with Gasteiger partial charge >= 0.3 is 11.9 Å². The van der Waals surface area contributed by atoms with Crippen molar-refractivity contribution in [2.24, 2.45) is 4.40 Å². The first-order chi connectivity index (χ1) is 6.83. The Balaban J connectivity index is 0.000000262. The summed E-state index contributed by atoms with van der Waals surface area (Å²) in [6.07, 6.45) is 3.75. The van der Waals surface area contributed by atoms with Crippen molar-refractivity contribution in [3.8, 4) is 0 Å². The Labute approximate surface area is 85.1 Å². The van der Waals surface area contributed by atoms with Crippen LogP contribution in [0.5, 0.6) is 0 Å². The van der Waals surface area contributed by atoms with Crippen molar-refractivity contribution < 1.29 is 28.2 Å². The van der Waals surface area contributed by atoms with Gasteiger partial charge in [0, 0.05) is 18.4 Å². The van der Waals surface area contributed by atoms with Gasteiger partial charge in [0.1, 0.15) is 0 Å². The van der Waals surface area contributed by atoms with Crippen LogP contribution in [0.2, 0.25) is 0 Å². The summed E-state index contributed by atoms with van der Waals surface area (Å²) in [4.78, 5) is 19.1. The minimum atomic E-state index is -3.16. The zero-order chi connectivity index (χ0) is 11.9. The van der Waals surface area contributed by atoms with Crippen LogP contribution in [0.1, 0.15) is 0 Å². The van der Waals surface area contributed by atoms with E-state index < -0.39 is 22.0 Å². The van der Waals surface area contributed by atoms with E-state index in [4.69, 9.17) is 10.2 Å². The quantitative estimate of drug-likeness (QED) is 0.627. The van der Waals surface area contributed by atoms with Crippen molar-refractivity contribution in [3.63, 3.8) is 0 Å². The molecule has 0 aliphatic carbocycles. The molecule has 0 amide bonds. The third-order valence-corrected chi connectivity index (χ3v) is 1.83. The van der Waals surface area contributed by atoms with Crippen molar-refractivity contribution in [2.45, 2.75) is 0 Å². The fourth-order valence-electron chi connectivity index (χ4n) is 0.432. The number of nitrogens with zero attached hydrogens (tertiary/aromatic N) is 1. The molecular weight excluding hydrogens is 226 g/mol. The number of carboxylic acids is 2. The second kappa shape index (κ2) is 5.70. The van der Waals surface area contributed by atoms with Gasteiger partial charge in [0.05, 0.1) is 5.41 Å². The maximum absolute atomic E-state index is 10.1. The number of aliphatic carboxylic acids is 2. The van der Waals surface area contributed by atoms with Crippen LogP contribution in [0, 0.1) is 0 Å². The third-order valence-electron chi connectivity index (χ3n) is 0.913. The maximum Gasteiger partial charge on any atom is 0.328 e. The van der Waals surface area contributed by atoms with Crippen molar-refractivity contribution in [2.75, 3.05) is 0 Å². The fraction of sp³-hybridized carbons (Fsp3) is 0. The third kappa shape index (κ3) is 8.37. The van der Waals surface area contributed by atoms with Gasteiger partial charge < -0.3 is 10.2 Å². The van der Waals surface area contributed by atoms with Crippen LogP contribution >= 0.6 is 0 Å². The topological polar surface area (TPSA) is 121 Å². The average molecular weight is 233 g/mol. The van der Waals surface area contributed by atoms with Crippen LogP contribution in [-0.2, 0) is 19.6 Å². The molecule has 0 bridgehead atoms. The molecule has 7 nitrogen and oxygen atoms in total. The van der Waals surface area contributed by atoms with Crippen LogP contribution in [0.25, 0.3) is 0 Å². The number of sulfonamides is 1.